The molecule has 7 rings (SSSR count). The number of benzene rings is 1. The van der Waals surface area contributed by atoms with Crippen molar-refractivity contribution >= 4 is 22.8 Å². The van der Waals surface area contributed by atoms with Gasteiger partial charge < -0.3 is 14.8 Å². The molecule has 6 heterocycles. The van der Waals surface area contributed by atoms with Gasteiger partial charge in [0.2, 0.25) is 5.95 Å². The molecule has 0 aliphatic carbocycles. The van der Waals surface area contributed by atoms with Gasteiger partial charge in [0.05, 0.1) is 11.7 Å². The second-order valence-corrected chi connectivity index (χ2v) is 11.0. The van der Waals surface area contributed by atoms with Gasteiger partial charge in [0, 0.05) is 55.9 Å². The third kappa shape index (κ3) is 4.03. The van der Waals surface area contributed by atoms with Gasteiger partial charge in [0.15, 0.2) is 11.6 Å². The number of anilines is 2. The molecule has 1 N–H and O–H groups in total. The molecule has 2 fully saturated rings. The van der Waals surface area contributed by atoms with Gasteiger partial charge in [-0.15, -0.1) is 0 Å². The minimum Gasteiger partial charge on any atom is -0.325 e. The molecule has 2 saturated heterocycles. The summed E-state index contributed by atoms with van der Waals surface area (Å²) in [4.78, 5) is 22.5. The first kappa shape index (κ1) is 23.6. The van der Waals surface area contributed by atoms with E-state index in [1.165, 1.54) is 18.9 Å². The molecule has 0 saturated carbocycles. The molecular weight excluding hydrogens is 486 g/mol. The molecule has 3 aromatic heterocycles. The summed E-state index contributed by atoms with van der Waals surface area (Å²) in [6, 6.07) is 8.45. The lowest BCUT2D eigenvalue weighted by atomic mass is 10.1. The fourth-order valence-corrected chi connectivity index (χ4v) is 6.48. The van der Waals surface area contributed by atoms with Crippen LogP contribution in [0.5, 0.6) is 0 Å². The van der Waals surface area contributed by atoms with Gasteiger partial charge in [-0.25, -0.2) is 28.7 Å². The number of likely N-dealkylation sites (N-methyl/N-ethyl adjacent to an activating group) is 1. The maximum atomic E-state index is 15.0. The molecule has 0 amide bonds. The Balaban J connectivity index is 1.12. The Morgan fingerprint density at radius 1 is 0.974 bits per heavy atom. The van der Waals surface area contributed by atoms with Gasteiger partial charge in [0.25, 0.3) is 0 Å². The van der Waals surface area contributed by atoms with Crippen LogP contribution in [0.1, 0.15) is 43.6 Å². The van der Waals surface area contributed by atoms with E-state index in [2.05, 4.69) is 55.1 Å². The predicted molar refractivity (Wildman–Crippen MR) is 141 cm³/mol. The van der Waals surface area contributed by atoms with Crippen molar-refractivity contribution in [3.05, 3.63) is 59.7 Å². The third-order valence-electron chi connectivity index (χ3n) is 8.31. The summed E-state index contributed by atoms with van der Waals surface area (Å²) in [5.41, 5.74) is 2.52. The van der Waals surface area contributed by atoms with Crippen molar-refractivity contribution in [3.8, 4) is 11.3 Å². The van der Waals surface area contributed by atoms with Crippen LogP contribution in [0.15, 0.2) is 36.7 Å². The van der Waals surface area contributed by atoms with Gasteiger partial charge in [-0.1, -0.05) is 6.07 Å². The number of imidazole rings is 1. The molecule has 8 nitrogen and oxygen atoms in total. The zero-order valence-corrected chi connectivity index (χ0v) is 21.5. The van der Waals surface area contributed by atoms with Crippen molar-refractivity contribution in [2.45, 2.75) is 57.3 Å². The van der Waals surface area contributed by atoms with Crippen LogP contribution in [0, 0.1) is 11.6 Å². The molecular formula is C28H30F2N8. The van der Waals surface area contributed by atoms with Crippen molar-refractivity contribution in [1.29, 1.82) is 0 Å². The van der Waals surface area contributed by atoms with Gasteiger partial charge in [0.1, 0.15) is 22.9 Å². The predicted octanol–water partition coefficient (Wildman–Crippen LogP) is 4.70. The highest BCUT2D eigenvalue weighted by Crippen LogP contribution is 2.35. The first-order chi connectivity index (χ1) is 18.4. The maximum absolute atomic E-state index is 15.0. The zero-order valence-electron chi connectivity index (χ0n) is 21.5. The topological polar surface area (TPSA) is 75.0 Å². The van der Waals surface area contributed by atoms with Crippen molar-refractivity contribution in [3.63, 3.8) is 0 Å². The van der Waals surface area contributed by atoms with Crippen LogP contribution in [0.25, 0.3) is 22.3 Å². The average Bonchev–Trinajstić information content (AvgIpc) is 3.53. The lowest BCUT2D eigenvalue weighted by molar-refractivity contribution is 0.0759. The van der Waals surface area contributed by atoms with Crippen LogP contribution in [0.4, 0.5) is 20.5 Å². The molecule has 0 radical (unpaired) electrons. The summed E-state index contributed by atoms with van der Waals surface area (Å²) in [5.74, 6) is 0.533. The second kappa shape index (κ2) is 9.06. The lowest BCUT2D eigenvalue weighted by Gasteiger charge is -2.39. The van der Waals surface area contributed by atoms with Crippen LogP contribution in [0.2, 0.25) is 0 Å². The van der Waals surface area contributed by atoms with Crippen LogP contribution in [-0.2, 0) is 13.0 Å². The van der Waals surface area contributed by atoms with E-state index in [4.69, 9.17) is 0 Å². The molecule has 38 heavy (non-hydrogen) atoms. The van der Waals surface area contributed by atoms with Gasteiger partial charge in [-0.3, -0.25) is 4.90 Å². The number of aromatic nitrogens is 5. The van der Waals surface area contributed by atoms with Gasteiger partial charge in [-0.2, -0.15) is 0 Å². The van der Waals surface area contributed by atoms with E-state index in [-0.39, 0.29) is 17.7 Å². The Morgan fingerprint density at radius 2 is 1.79 bits per heavy atom. The smallest absolute Gasteiger partial charge is 0.229 e. The average molecular weight is 517 g/mol. The number of fused-ring (bicyclic) bond motifs is 5. The third-order valence-corrected chi connectivity index (χ3v) is 8.31. The van der Waals surface area contributed by atoms with E-state index in [0.717, 1.165) is 50.1 Å². The quantitative estimate of drug-likeness (QED) is 0.412. The van der Waals surface area contributed by atoms with E-state index >= 15 is 0 Å². The minimum absolute atomic E-state index is 0.0339. The van der Waals surface area contributed by atoms with Gasteiger partial charge >= 0.3 is 0 Å². The largest absolute Gasteiger partial charge is 0.325 e. The number of pyridine rings is 1. The SMILES string of the molecule is C[C@@H]1CCc2nc3c(F)cc(-c4nc(Nc5ccc(CN6C7CCC6CN(C)C7)cn5)ncc4F)cc3n21. The Labute approximate surface area is 219 Å². The highest BCUT2D eigenvalue weighted by Gasteiger charge is 2.38. The number of nitrogens with one attached hydrogen (secondary N) is 1. The number of halogens is 2. The highest BCUT2D eigenvalue weighted by atomic mass is 19.1. The molecule has 1 aromatic carbocycles. The molecule has 3 aliphatic heterocycles. The Hall–Kier alpha value is -3.50. The fourth-order valence-electron chi connectivity index (χ4n) is 6.48. The molecule has 10 heteroatoms. The fraction of sp³-hybridized carbons (Fsp3) is 0.429. The molecule has 2 unspecified atom stereocenters. The summed E-state index contributed by atoms with van der Waals surface area (Å²) >= 11 is 0. The second-order valence-electron chi connectivity index (χ2n) is 11.0. The zero-order chi connectivity index (χ0) is 26.0. The number of hydrogen-bond donors (Lipinski definition) is 1. The first-order valence-corrected chi connectivity index (χ1v) is 13.3. The number of nitrogens with zero attached hydrogens (tertiary/aromatic N) is 7. The maximum Gasteiger partial charge on any atom is 0.229 e. The van der Waals surface area contributed by atoms with E-state index in [9.17, 15) is 8.78 Å². The normalized spacial score (nSPS) is 23.3. The van der Waals surface area contributed by atoms with Crippen LogP contribution >= 0.6 is 0 Å². The van der Waals surface area contributed by atoms with E-state index < -0.39 is 11.6 Å². The Bertz CT molecular complexity index is 1500. The summed E-state index contributed by atoms with van der Waals surface area (Å²) < 4.78 is 31.9. The highest BCUT2D eigenvalue weighted by molar-refractivity contribution is 5.83. The summed E-state index contributed by atoms with van der Waals surface area (Å²) in [5, 5.41) is 3.07. The van der Waals surface area contributed by atoms with E-state index in [0.29, 0.717) is 34.5 Å². The number of likely N-dealkylation sites (tertiary alicyclic amines) is 1. The van der Waals surface area contributed by atoms with E-state index in [1.54, 1.807) is 6.07 Å². The Morgan fingerprint density at radius 3 is 2.55 bits per heavy atom. The first-order valence-electron chi connectivity index (χ1n) is 13.3. The molecule has 4 aromatic rings. The molecule has 196 valence electrons. The standard InChI is InChI=1S/C28H30F2N8/c1-16-3-8-25-34-27-21(29)9-18(10-23(27)38(16)25)26-22(30)12-32-28(35-26)33-24-7-4-17(11-31-24)13-37-19-5-6-20(37)15-36(2)14-19/h4,7,9-12,16,19-20H,3,5-6,8,13-15H2,1-2H3,(H,31,32,33,35)/t16-,19?,20?/m1/s1. The molecule has 2 bridgehead atoms. The number of aryl methyl sites for hydroxylation is 1. The molecule has 3 aliphatic rings. The monoisotopic (exact) mass is 516 g/mol. The van der Waals surface area contributed by atoms with Crippen LogP contribution in [0.3, 0.4) is 0 Å². The number of piperazine rings is 1. The van der Waals surface area contributed by atoms with Gasteiger partial charge in [-0.05, 0) is 57.0 Å². The summed E-state index contributed by atoms with van der Waals surface area (Å²) in [7, 11) is 2.20. The van der Waals surface area contributed by atoms with E-state index in [1.807, 2.05) is 16.8 Å². The summed E-state index contributed by atoms with van der Waals surface area (Å²) in [6.45, 7) is 5.21. The number of rotatable bonds is 5. The van der Waals surface area contributed by atoms with Crippen molar-refractivity contribution in [1.82, 2.24) is 34.3 Å². The van der Waals surface area contributed by atoms with Crippen molar-refractivity contribution < 1.29 is 8.78 Å². The van der Waals surface area contributed by atoms with Crippen molar-refractivity contribution in [2.24, 2.45) is 0 Å². The minimum atomic E-state index is -0.617. The van der Waals surface area contributed by atoms with Crippen LogP contribution < -0.4 is 5.32 Å². The van der Waals surface area contributed by atoms with Crippen LogP contribution in [-0.4, -0.2) is 66.5 Å². The molecule has 0 spiro atoms. The lowest BCUT2D eigenvalue weighted by Crippen LogP contribution is -2.51. The number of hydrogen-bond acceptors (Lipinski definition) is 7. The summed E-state index contributed by atoms with van der Waals surface area (Å²) in [6.07, 6.45) is 7.26. The van der Waals surface area contributed by atoms with Crippen molar-refractivity contribution in [2.75, 3.05) is 25.5 Å². The molecule has 3 atom stereocenters. The Kier molecular flexibility index (Phi) is 5.63.